The van der Waals surface area contributed by atoms with Gasteiger partial charge < -0.3 is 10.4 Å². The molecule has 4 rings (SSSR count). The number of carboxylic acid groups (broad SMARTS) is 1. The average molecular weight is 517 g/mol. The van der Waals surface area contributed by atoms with Crippen LogP contribution >= 0.6 is 15.9 Å². The van der Waals surface area contributed by atoms with E-state index in [1.54, 1.807) is 12.1 Å². The second-order valence-electron chi connectivity index (χ2n) is 6.79. The van der Waals surface area contributed by atoms with Gasteiger partial charge in [0.2, 0.25) is 0 Å². The van der Waals surface area contributed by atoms with E-state index < -0.39 is 27.7 Å². The normalized spacial score (nSPS) is 11.4. The summed E-state index contributed by atoms with van der Waals surface area (Å²) in [7, 11) is -4.03. The Bertz CT molecular complexity index is 1480. The fraction of sp³-hybridized carbons (Fsp3) is 0. The largest absolute Gasteiger partial charge is 0.478 e. The van der Waals surface area contributed by atoms with Crippen LogP contribution in [0.5, 0.6) is 0 Å². The van der Waals surface area contributed by atoms with Gasteiger partial charge in [-0.05, 0) is 66.7 Å². The van der Waals surface area contributed by atoms with Gasteiger partial charge in [-0.25, -0.2) is 21.6 Å². The van der Waals surface area contributed by atoms with Crippen molar-refractivity contribution in [2.24, 2.45) is 0 Å². The first-order valence-electron chi connectivity index (χ1n) is 9.13. The van der Waals surface area contributed by atoms with Crippen LogP contribution in [0.3, 0.4) is 0 Å². The van der Waals surface area contributed by atoms with E-state index in [4.69, 9.17) is 0 Å². The molecule has 0 saturated carbocycles. The van der Waals surface area contributed by atoms with Crippen LogP contribution in [-0.4, -0.2) is 29.4 Å². The van der Waals surface area contributed by atoms with E-state index in [9.17, 15) is 27.5 Å². The van der Waals surface area contributed by atoms with Gasteiger partial charge >= 0.3 is 5.97 Å². The van der Waals surface area contributed by atoms with Crippen LogP contribution in [0.4, 0.5) is 10.1 Å². The highest BCUT2D eigenvalue weighted by molar-refractivity contribution is 9.10. The lowest BCUT2D eigenvalue weighted by molar-refractivity contribution is 0.0698. The number of carbonyl (C=O) groups excluding carboxylic acids is 1. The quantitative estimate of drug-likeness (QED) is 0.398. The molecule has 7 nitrogen and oxygen atoms in total. The minimum Gasteiger partial charge on any atom is -0.478 e. The number of hydrogen-bond donors (Lipinski definition) is 2. The lowest BCUT2D eigenvalue weighted by Crippen LogP contribution is -2.16. The minimum absolute atomic E-state index is 0.0920. The number of aromatic nitrogens is 1. The van der Waals surface area contributed by atoms with Crippen LogP contribution < -0.4 is 5.32 Å². The zero-order valence-electron chi connectivity index (χ0n) is 16.1. The van der Waals surface area contributed by atoms with Crippen LogP contribution in [0.15, 0.2) is 82.3 Å². The number of nitrogens with zero attached hydrogens (tertiary/aromatic N) is 1. The number of halogens is 2. The fourth-order valence-corrected chi connectivity index (χ4v) is 4.88. The van der Waals surface area contributed by atoms with Gasteiger partial charge in [-0.1, -0.05) is 15.9 Å². The number of nitrogens with one attached hydrogen (secondary N) is 1. The first-order valence-corrected chi connectivity index (χ1v) is 11.4. The molecular formula is C22H14BrFN2O5S. The molecule has 4 aromatic rings. The smallest absolute Gasteiger partial charge is 0.337 e. The molecule has 3 aromatic carbocycles. The Morgan fingerprint density at radius 3 is 2.38 bits per heavy atom. The van der Waals surface area contributed by atoms with E-state index in [0.29, 0.717) is 9.86 Å². The Hall–Kier alpha value is -3.50. The Balaban J connectivity index is 1.62. The number of benzene rings is 3. The van der Waals surface area contributed by atoms with Crippen molar-refractivity contribution in [2.75, 3.05) is 5.32 Å². The molecular weight excluding hydrogens is 503 g/mol. The molecule has 1 amide bonds. The van der Waals surface area contributed by atoms with E-state index in [1.807, 2.05) is 0 Å². The second kappa shape index (κ2) is 8.21. The summed E-state index contributed by atoms with van der Waals surface area (Å²) in [5, 5.41) is 12.4. The summed E-state index contributed by atoms with van der Waals surface area (Å²) in [5.74, 6) is -2.38. The number of amides is 1. The van der Waals surface area contributed by atoms with Crippen LogP contribution in [0.25, 0.3) is 10.9 Å². The van der Waals surface area contributed by atoms with Crippen molar-refractivity contribution in [3.63, 3.8) is 0 Å². The van der Waals surface area contributed by atoms with Crippen molar-refractivity contribution in [1.29, 1.82) is 0 Å². The highest BCUT2D eigenvalue weighted by Gasteiger charge is 2.20. The Morgan fingerprint density at radius 2 is 1.69 bits per heavy atom. The molecule has 0 aliphatic heterocycles. The number of rotatable bonds is 5. The van der Waals surface area contributed by atoms with Gasteiger partial charge in [-0.3, -0.25) is 4.79 Å². The maximum absolute atomic E-state index is 13.6. The molecule has 1 heterocycles. The highest BCUT2D eigenvalue weighted by Crippen LogP contribution is 2.25. The Labute approximate surface area is 190 Å². The first-order chi connectivity index (χ1) is 15.2. The van der Waals surface area contributed by atoms with E-state index in [-0.39, 0.29) is 27.2 Å². The number of anilines is 1. The van der Waals surface area contributed by atoms with E-state index in [1.165, 1.54) is 54.7 Å². The van der Waals surface area contributed by atoms with Crippen molar-refractivity contribution in [1.82, 2.24) is 3.97 Å². The summed E-state index contributed by atoms with van der Waals surface area (Å²) >= 11 is 3.18. The Morgan fingerprint density at radius 1 is 0.969 bits per heavy atom. The molecule has 0 bridgehead atoms. The van der Waals surface area contributed by atoms with Gasteiger partial charge in [0, 0.05) is 21.6 Å². The van der Waals surface area contributed by atoms with Gasteiger partial charge in [0.05, 0.1) is 21.7 Å². The predicted octanol–water partition coefficient (Wildman–Crippen LogP) is 4.73. The number of carbonyl (C=O) groups is 2. The fourth-order valence-electron chi connectivity index (χ4n) is 3.18. The monoisotopic (exact) mass is 516 g/mol. The molecule has 0 saturated heterocycles. The van der Waals surface area contributed by atoms with E-state index in [0.717, 1.165) is 10.0 Å². The number of carboxylic acids is 1. The molecule has 0 aliphatic carbocycles. The predicted molar refractivity (Wildman–Crippen MR) is 120 cm³/mol. The number of fused-ring (bicyclic) bond motifs is 1. The molecule has 0 unspecified atom stereocenters. The molecule has 0 aliphatic rings. The topological polar surface area (TPSA) is 105 Å². The van der Waals surface area contributed by atoms with Gasteiger partial charge in [-0.2, -0.15) is 0 Å². The third-order valence-electron chi connectivity index (χ3n) is 4.75. The third kappa shape index (κ3) is 4.02. The molecule has 32 heavy (non-hydrogen) atoms. The standard InChI is InChI=1S/C22H14BrFN2O5S/c23-15-4-8-19(18(11-15)22(28)29)25-21(27)14-2-6-17(7-3-14)32(30,31)26-10-9-13-1-5-16(24)12-20(13)26/h1-12H,(H,25,27)(H,28,29). The lowest BCUT2D eigenvalue weighted by Gasteiger charge is -2.11. The molecule has 162 valence electrons. The Kier molecular flexibility index (Phi) is 5.57. The van der Waals surface area contributed by atoms with Gasteiger partial charge in [0.25, 0.3) is 15.9 Å². The summed E-state index contributed by atoms with van der Waals surface area (Å²) in [6, 6.07) is 15.0. The lowest BCUT2D eigenvalue weighted by atomic mass is 10.1. The summed E-state index contributed by atoms with van der Waals surface area (Å²) < 4.78 is 41.2. The number of hydrogen-bond acceptors (Lipinski definition) is 4. The molecule has 2 N–H and O–H groups in total. The SMILES string of the molecule is O=C(Nc1ccc(Br)cc1C(=O)O)c1ccc(S(=O)(=O)n2ccc3ccc(F)cc32)cc1. The maximum atomic E-state index is 13.6. The molecule has 10 heteroatoms. The zero-order chi connectivity index (χ0) is 23.0. The average Bonchev–Trinajstić information content (AvgIpc) is 3.18. The van der Waals surface area contributed by atoms with Crippen molar-refractivity contribution < 1.29 is 27.5 Å². The maximum Gasteiger partial charge on any atom is 0.337 e. The van der Waals surface area contributed by atoms with Crippen LogP contribution in [0.2, 0.25) is 0 Å². The highest BCUT2D eigenvalue weighted by atomic mass is 79.9. The van der Waals surface area contributed by atoms with Gasteiger partial charge in [0.1, 0.15) is 5.82 Å². The van der Waals surface area contributed by atoms with Crippen LogP contribution in [-0.2, 0) is 10.0 Å². The minimum atomic E-state index is -4.03. The summed E-state index contributed by atoms with van der Waals surface area (Å²) in [6.45, 7) is 0. The summed E-state index contributed by atoms with van der Waals surface area (Å²) in [6.07, 6.45) is 1.33. The van der Waals surface area contributed by atoms with Crippen molar-refractivity contribution >= 4 is 54.4 Å². The summed E-state index contributed by atoms with van der Waals surface area (Å²) in [5.41, 5.74) is 0.330. The van der Waals surface area contributed by atoms with Gasteiger partial charge in [0.15, 0.2) is 0 Å². The zero-order valence-corrected chi connectivity index (χ0v) is 18.5. The molecule has 1 aromatic heterocycles. The van der Waals surface area contributed by atoms with E-state index >= 15 is 0 Å². The first kappa shape index (κ1) is 21.7. The molecule has 0 atom stereocenters. The van der Waals surface area contributed by atoms with E-state index in [2.05, 4.69) is 21.2 Å². The van der Waals surface area contributed by atoms with Crippen molar-refractivity contribution in [3.8, 4) is 0 Å². The number of aromatic carboxylic acids is 1. The van der Waals surface area contributed by atoms with Crippen molar-refractivity contribution in [2.45, 2.75) is 4.90 Å². The van der Waals surface area contributed by atoms with Crippen molar-refractivity contribution in [3.05, 3.63) is 94.3 Å². The third-order valence-corrected chi connectivity index (χ3v) is 6.95. The molecule has 0 radical (unpaired) electrons. The molecule has 0 spiro atoms. The summed E-state index contributed by atoms with van der Waals surface area (Å²) in [4.78, 5) is 23.9. The van der Waals surface area contributed by atoms with Crippen LogP contribution in [0, 0.1) is 5.82 Å². The molecule has 0 fully saturated rings. The van der Waals surface area contributed by atoms with Gasteiger partial charge in [-0.15, -0.1) is 0 Å². The second-order valence-corrected chi connectivity index (χ2v) is 9.52. The van der Waals surface area contributed by atoms with Crippen LogP contribution in [0.1, 0.15) is 20.7 Å².